The Bertz CT molecular complexity index is 569. The van der Waals surface area contributed by atoms with Gasteiger partial charge in [-0.25, -0.2) is 9.59 Å². The lowest BCUT2D eigenvalue weighted by Crippen LogP contribution is -2.35. The van der Waals surface area contributed by atoms with E-state index < -0.39 is 23.4 Å². The van der Waals surface area contributed by atoms with E-state index in [4.69, 9.17) is 9.15 Å². The number of nitrogens with one attached hydrogen (secondary N) is 1. The van der Waals surface area contributed by atoms with Gasteiger partial charge in [0.15, 0.2) is 0 Å². The molecular formula is C17H25NO4. The summed E-state index contributed by atoms with van der Waals surface area (Å²) in [6.07, 6.45) is 3.25. The second-order valence-corrected chi connectivity index (χ2v) is 6.17. The van der Waals surface area contributed by atoms with Gasteiger partial charge in [0, 0.05) is 6.07 Å². The van der Waals surface area contributed by atoms with E-state index in [0.717, 1.165) is 12.0 Å². The molecule has 1 heterocycles. The molecule has 22 heavy (non-hydrogen) atoms. The van der Waals surface area contributed by atoms with Crippen LogP contribution in [0.25, 0.3) is 0 Å². The SMILES string of the molecule is C=CCc1cc([C@@H](CCC)NC(=O)OC(C)(C)C)oc(=O)c1. The molecular weight excluding hydrogens is 282 g/mol. The van der Waals surface area contributed by atoms with Gasteiger partial charge >= 0.3 is 11.7 Å². The highest BCUT2D eigenvalue weighted by atomic mass is 16.6. The molecule has 0 unspecified atom stereocenters. The molecule has 0 aliphatic rings. The summed E-state index contributed by atoms with van der Waals surface area (Å²) in [6, 6.07) is 2.82. The minimum absolute atomic E-state index is 0.391. The smallest absolute Gasteiger partial charge is 0.408 e. The van der Waals surface area contributed by atoms with Gasteiger partial charge in [-0.3, -0.25) is 0 Å². The second kappa shape index (κ2) is 7.82. The summed E-state index contributed by atoms with van der Waals surface area (Å²) in [4.78, 5) is 23.6. The van der Waals surface area contributed by atoms with Crippen molar-refractivity contribution in [3.05, 3.63) is 46.5 Å². The molecule has 1 aromatic heterocycles. The average molecular weight is 307 g/mol. The molecule has 0 aliphatic heterocycles. The molecule has 5 heteroatoms. The van der Waals surface area contributed by atoms with Crippen molar-refractivity contribution in [3.8, 4) is 0 Å². The predicted octanol–water partition coefficient (Wildman–Crippen LogP) is 3.73. The zero-order chi connectivity index (χ0) is 16.8. The summed E-state index contributed by atoms with van der Waals surface area (Å²) in [5.41, 5.74) is -0.193. The number of amides is 1. The Balaban J connectivity index is 2.97. The van der Waals surface area contributed by atoms with Crippen molar-refractivity contribution in [3.63, 3.8) is 0 Å². The first-order chi connectivity index (χ1) is 10.2. The average Bonchev–Trinajstić information content (AvgIpc) is 2.35. The minimum Gasteiger partial charge on any atom is -0.444 e. The quantitative estimate of drug-likeness (QED) is 0.813. The van der Waals surface area contributed by atoms with Crippen LogP contribution in [-0.4, -0.2) is 11.7 Å². The number of hydrogen-bond acceptors (Lipinski definition) is 4. The molecule has 0 aliphatic carbocycles. The topological polar surface area (TPSA) is 68.5 Å². The van der Waals surface area contributed by atoms with Crippen molar-refractivity contribution in [2.75, 3.05) is 0 Å². The van der Waals surface area contributed by atoms with Crippen LogP contribution in [0.1, 0.15) is 57.9 Å². The Morgan fingerprint density at radius 2 is 2.14 bits per heavy atom. The van der Waals surface area contributed by atoms with Crippen LogP contribution in [-0.2, 0) is 11.2 Å². The monoisotopic (exact) mass is 307 g/mol. The number of carbonyl (C=O) groups is 1. The maximum atomic E-state index is 11.9. The minimum atomic E-state index is -0.577. The molecule has 1 rings (SSSR count). The number of rotatable bonds is 6. The fourth-order valence-corrected chi connectivity index (χ4v) is 2.03. The first kappa shape index (κ1) is 18.0. The number of allylic oxidation sites excluding steroid dienone is 1. The predicted molar refractivity (Wildman–Crippen MR) is 85.9 cm³/mol. The van der Waals surface area contributed by atoms with E-state index in [9.17, 15) is 9.59 Å². The molecule has 1 amide bonds. The Labute approximate surface area is 131 Å². The normalized spacial score (nSPS) is 12.5. The van der Waals surface area contributed by atoms with Crippen LogP contribution in [0.4, 0.5) is 4.79 Å². The van der Waals surface area contributed by atoms with Crippen molar-refractivity contribution < 1.29 is 13.9 Å². The Hall–Kier alpha value is -2.04. The Kier molecular flexibility index (Phi) is 6.40. The van der Waals surface area contributed by atoms with Crippen molar-refractivity contribution in [1.29, 1.82) is 0 Å². The molecule has 1 N–H and O–H groups in total. The van der Waals surface area contributed by atoms with Crippen molar-refractivity contribution in [2.24, 2.45) is 0 Å². The molecule has 1 atom stereocenters. The van der Waals surface area contributed by atoms with Crippen molar-refractivity contribution >= 4 is 6.09 Å². The fraction of sp³-hybridized carbons (Fsp3) is 0.529. The van der Waals surface area contributed by atoms with Gasteiger partial charge in [-0.15, -0.1) is 6.58 Å². The van der Waals surface area contributed by atoms with Gasteiger partial charge in [0.05, 0.1) is 6.04 Å². The molecule has 0 radical (unpaired) electrons. The number of alkyl carbamates (subject to hydrolysis) is 1. The van der Waals surface area contributed by atoms with Gasteiger partial charge in [0.1, 0.15) is 11.4 Å². The van der Waals surface area contributed by atoms with E-state index in [1.807, 2.05) is 6.92 Å². The highest BCUT2D eigenvalue weighted by molar-refractivity contribution is 5.68. The summed E-state index contributed by atoms with van der Waals surface area (Å²) in [5.74, 6) is 0.442. The second-order valence-electron chi connectivity index (χ2n) is 6.17. The van der Waals surface area contributed by atoms with Gasteiger partial charge in [-0.2, -0.15) is 0 Å². The lowest BCUT2D eigenvalue weighted by Gasteiger charge is -2.23. The maximum absolute atomic E-state index is 11.9. The third-order valence-electron chi connectivity index (χ3n) is 2.84. The Morgan fingerprint density at radius 3 is 2.68 bits per heavy atom. The third kappa shape index (κ3) is 6.16. The lowest BCUT2D eigenvalue weighted by molar-refractivity contribution is 0.0493. The molecule has 0 fully saturated rings. The van der Waals surface area contributed by atoms with Crippen LogP contribution in [0.3, 0.4) is 0 Å². The largest absolute Gasteiger partial charge is 0.444 e. The lowest BCUT2D eigenvalue weighted by atomic mass is 10.1. The van der Waals surface area contributed by atoms with Crippen LogP contribution in [0, 0.1) is 0 Å². The highest BCUT2D eigenvalue weighted by Gasteiger charge is 2.22. The van der Waals surface area contributed by atoms with E-state index in [0.29, 0.717) is 18.6 Å². The van der Waals surface area contributed by atoms with Gasteiger partial charge in [-0.05, 0) is 45.2 Å². The molecule has 0 saturated carbocycles. The summed E-state index contributed by atoms with van der Waals surface area (Å²) in [7, 11) is 0. The Morgan fingerprint density at radius 1 is 1.45 bits per heavy atom. The maximum Gasteiger partial charge on any atom is 0.408 e. The van der Waals surface area contributed by atoms with E-state index in [1.54, 1.807) is 32.9 Å². The van der Waals surface area contributed by atoms with E-state index >= 15 is 0 Å². The molecule has 0 saturated heterocycles. The third-order valence-corrected chi connectivity index (χ3v) is 2.84. The van der Waals surface area contributed by atoms with Gasteiger partial charge in [-0.1, -0.05) is 19.4 Å². The highest BCUT2D eigenvalue weighted by Crippen LogP contribution is 2.20. The summed E-state index contributed by atoms with van der Waals surface area (Å²) < 4.78 is 10.5. The number of hydrogen-bond donors (Lipinski definition) is 1. The molecule has 5 nitrogen and oxygen atoms in total. The van der Waals surface area contributed by atoms with Gasteiger partial charge in [0.25, 0.3) is 0 Å². The first-order valence-electron chi connectivity index (χ1n) is 7.49. The van der Waals surface area contributed by atoms with Crippen LogP contribution >= 0.6 is 0 Å². The number of ether oxygens (including phenoxy) is 1. The van der Waals surface area contributed by atoms with Gasteiger partial charge in [0.2, 0.25) is 0 Å². The first-order valence-corrected chi connectivity index (χ1v) is 7.49. The summed E-state index contributed by atoms with van der Waals surface area (Å²) in [5, 5.41) is 2.77. The van der Waals surface area contributed by atoms with Crippen LogP contribution < -0.4 is 10.9 Å². The van der Waals surface area contributed by atoms with Crippen LogP contribution in [0.15, 0.2) is 34.0 Å². The summed E-state index contributed by atoms with van der Waals surface area (Å²) in [6.45, 7) is 11.1. The fourth-order valence-electron chi connectivity index (χ4n) is 2.03. The molecule has 122 valence electrons. The zero-order valence-corrected chi connectivity index (χ0v) is 13.8. The van der Waals surface area contributed by atoms with Crippen LogP contribution in [0.5, 0.6) is 0 Å². The molecule has 0 spiro atoms. The zero-order valence-electron chi connectivity index (χ0n) is 13.8. The molecule has 0 bridgehead atoms. The van der Waals surface area contributed by atoms with Gasteiger partial charge < -0.3 is 14.5 Å². The van der Waals surface area contributed by atoms with E-state index in [1.165, 1.54) is 6.07 Å². The van der Waals surface area contributed by atoms with Crippen LogP contribution in [0.2, 0.25) is 0 Å². The van der Waals surface area contributed by atoms with Crippen molar-refractivity contribution in [1.82, 2.24) is 5.32 Å². The molecule has 0 aromatic carbocycles. The molecule has 1 aromatic rings. The number of carbonyl (C=O) groups excluding carboxylic acids is 1. The summed E-state index contributed by atoms with van der Waals surface area (Å²) >= 11 is 0. The van der Waals surface area contributed by atoms with E-state index in [2.05, 4.69) is 11.9 Å². The van der Waals surface area contributed by atoms with Crippen molar-refractivity contribution in [2.45, 2.75) is 58.6 Å². The van der Waals surface area contributed by atoms with E-state index in [-0.39, 0.29) is 0 Å². The standard InChI is InChI=1S/C17H25NO4/c1-6-8-12-10-14(21-15(19)11-12)13(9-7-2)18-16(20)22-17(3,4)5/h6,10-11,13H,1,7-9H2,2-5H3,(H,18,20)/t13-/m1/s1.